The van der Waals surface area contributed by atoms with Gasteiger partial charge in [0.2, 0.25) is 0 Å². The van der Waals surface area contributed by atoms with Crippen LogP contribution in [-0.2, 0) is 25.5 Å². The number of hydrogen-bond acceptors (Lipinski definition) is 7. The maximum absolute atomic E-state index is 13.4. The van der Waals surface area contributed by atoms with Crippen molar-refractivity contribution in [2.75, 3.05) is 36.5 Å². The number of carbonyl (C=O) groups is 2. The molecule has 162 valence electrons. The fourth-order valence-electron chi connectivity index (χ4n) is 5.02. The van der Waals surface area contributed by atoms with Gasteiger partial charge in [-0.3, -0.25) is 9.59 Å². The molecule has 31 heavy (non-hydrogen) atoms. The average Bonchev–Trinajstić information content (AvgIpc) is 2.76. The largest absolute Gasteiger partial charge is 0.497 e. The van der Waals surface area contributed by atoms with Gasteiger partial charge in [-0.25, -0.2) is 0 Å². The minimum atomic E-state index is -1.41. The van der Waals surface area contributed by atoms with Crippen LogP contribution < -0.4 is 14.5 Å². The summed E-state index contributed by atoms with van der Waals surface area (Å²) in [4.78, 5) is 31.2. The quantitative estimate of drug-likeness (QED) is 0.545. The summed E-state index contributed by atoms with van der Waals surface area (Å²) >= 11 is 0. The number of rotatable bonds is 2. The topological polar surface area (TPSA) is 68.3 Å². The van der Waals surface area contributed by atoms with E-state index >= 15 is 0 Å². The van der Waals surface area contributed by atoms with Gasteiger partial charge in [0.15, 0.2) is 5.41 Å². The second-order valence-corrected chi connectivity index (χ2v) is 8.81. The van der Waals surface area contributed by atoms with Crippen molar-refractivity contribution in [3.63, 3.8) is 0 Å². The zero-order valence-corrected chi connectivity index (χ0v) is 18.0. The number of nitrogens with zero attached hydrogens (tertiary/aromatic N) is 2. The number of hydrogen-bond donors (Lipinski definition) is 0. The summed E-state index contributed by atoms with van der Waals surface area (Å²) in [7, 11) is 1.63. The number of piperazine rings is 1. The first-order valence-electron chi connectivity index (χ1n) is 10.5. The van der Waals surface area contributed by atoms with E-state index in [0.29, 0.717) is 13.1 Å². The molecule has 0 amide bonds. The van der Waals surface area contributed by atoms with Crippen molar-refractivity contribution in [2.45, 2.75) is 32.1 Å². The van der Waals surface area contributed by atoms with Gasteiger partial charge < -0.3 is 24.0 Å². The number of fused-ring (bicyclic) bond motifs is 4. The SMILES string of the molecule is COc1ccc2c(c1)N1CCN(c3ccccc3)CC1C1(C2)C(=O)OC(C)(C)OC1=O. The summed E-state index contributed by atoms with van der Waals surface area (Å²) < 4.78 is 16.7. The average molecular weight is 422 g/mol. The van der Waals surface area contributed by atoms with E-state index < -0.39 is 29.2 Å². The van der Waals surface area contributed by atoms with Crippen LogP contribution in [0.4, 0.5) is 11.4 Å². The van der Waals surface area contributed by atoms with E-state index in [1.54, 1.807) is 21.0 Å². The van der Waals surface area contributed by atoms with E-state index in [2.05, 4.69) is 9.80 Å². The zero-order valence-electron chi connectivity index (χ0n) is 18.0. The molecule has 0 saturated carbocycles. The number of para-hydroxylation sites is 1. The van der Waals surface area contributed by atoms with Gasteiger partial charge in [0.05, 0.1) is 13.2 Å². The van der Waals surface area contributed by atoms with Crippen LogP contribution in [0, 0.1) is 5.41 Å². The second-order valence-electron chi connectivity index (χ2n) is 8.81. The Morgan fingerprint density at radius 1 is 1.00 bits per heavy atom. The molecule has 0 radical (unpaired) electrons. The first-order valence-corrected chi connectivity index (χ1v) is 10.5. The summed E-state index contributed by atoms with van der Waals surface area (Å²) in [5.41, 5.74) is 1.56. The number of esters is 2. The summed E-state index contributed by atoms with van der Waals surface area (Å²) in [5.74, 6) is -1.55. The van der Waals surface area contributed by atoms with E-state index in [0.717, 1.165) is 29.2 Å². The molecule has 7 nitrogen and oxygen atoms in total. The van der Waals surface area contributed by atoms with E-state index in [-0.39, 0.29) is 6.42 Å². The second kappa shape index (κ2) is 6.90. The predicted octanol–water partition coefficient (Wildman–Crippen LogP) is 2.77. The maximum Gasteiger partial charge on any atom is 0.329 e. The Kier molecular flexibility index (Phi) is 4.39. The first kappa shape index (κ1) is 19.7. The number of ether oxygens (including phenoxy) is 3. The van der Waals surface area contributed by atoms with Crippen molar-refractivity contribution in [3.05, 3.63) is 54.1 Å². The van der Waals surface area contributed by atoms with Gasteiger partial charge in [-0.1, -0.05) is 24.3 Å². The molecule has 1 spiro atoms. The lowest BCUT2D eigenvalue weighted by Gasteiger charge is -2.55. The molecule has 3 aliphatic heterocycles. The normalized spacial score (nSPS) is 23.5. The Hall–Kier alpha value is -3.22. The van der Waals surface area contributed by atoms with Gasteiger partial charge in [-0.15, -0.1) is 0 Å². The Bertz CT molecular complexity index is 1020. The highest BCUT2D eigenvalue weighted by Gasteiger charge is 2.64. The van der Waals surface area contributed by atoms with Crippen molar-refractivity contribution in [3.8, 4) is 5.75 Å². The monoisotopic (exact) mass is 422 g/mol. The van der Waals surface area contributed by atoms with Crippen LogP contribution in [-0.4, -0.2) is 50.5 Å². The number of benzene rings is 2. The molecule has 5 rings (SSSR count). The van der Waals surface area contributed by atoms with Crippen molar-refractivity contribution in [1.29, 1.82) is 0 Å². The minimum absolute atomic E-state index is 0.240. The van der Waals surface area contributed by atoms with Crippen molar-refractivity contribution in [1.82, 2.24) is 0 Å². The molecular formula is C24H26N2O5. The zero-order chi connectivity index (χ0) is 21.8. The van der Waals surface area contributed by atoms with Gasteiger partial charge >= 0.3 is 11.9 Å². The summed E-state index contributed by atoms with van der Waals surface area (Å²) in [6.07, 6.45) is 0.240. The number of methoxy groups -OCH3 is 1. The molecule has 0 aromatic heterocycles. The molecule has 2 aromatic carbocycles. The summed E-state index contributed by atoms with van der Waals surface area (Å²) in [5, 5.41) is 0. The van der Waals surface area contributed by atoms with Gasteiger partial charge in [0.1, 0.15) is 5.75 Å². The molecule has 3 heterocycles. The highest BCUT2D eigenvalue weighted by atomic mass is 16.7. The molecule has 3 aliphatic rings. The maximum atomic E-state index is 13.4. The van der Waals surface area contributed by atoms with Crippen LogP contribution in [0.15, 0.2) is 48.5 Å². The van der Waals surface area contributed by atoms with Crippen LogP contribution in [0.25, 0.3) is 0 Å². The van der Waals surface area contributed by atoms with Crippen LogP contribution in [0.3, 0.4) is 0 Å². The van der Waals surface area contributed by atoms with Crippen LogP contribution >= 0.6 is 0 Å². The van der Waals surface area contributed by atoms with Crippen LogP contribution in [0.2, 0.25) is 0 Å². The number of anilines is 2. The lowest BCUT2D eigenvalue weighted by molar-refractivity contribution is -0.253. The highest BCUT2D eigenvalue weighted by Crippen LogP contribution is 2.48. The molecule has 1 atom stereocenters. The number of cyclic esters (lactones) is 2. The predicted molar refractivity (Wildman–Crippen MR) is 115 cm³/mol. The Balaban J connectivity index is 1.62. The molecule has 0 N–H and O–H groups in total. The molecule has 2 aromatic rings. The standard InChI is InChI=1S/C24H26N2O5/c1-23(2)30-21(27)24(22(28)31-23)14-16-9-10-18(29-3)13-19(16)26-12-11-25(15-20(24)26)17-7-5-4-6-8-17/h4-10,13,20H,11-12,14-15H2,1-3H3. The lowest BCUT2D eigenvalue weighted by Crippen LogP contribution is -2.71. The van der Waals surface area contributed by atoms with Crippen LogP contribution in [0.5, 0.6) is 5.75 Å². The van der Waals surface area contributed by atoms with Crippen molar-refractivity contribution < 1.29 is 23.8 Å². The van der Waals surface area contributed by atoms with Gasteiger partial charge in [-0.05, 0) is 23.8 Å². The van der Waals surface area contributed by atoms with Gasteiger partial charge in [0.25, 0.3) is 5.79 Å². The Labute approximate surface area is 181 Å². The molecule has 0 bridgehead atoms. The Morgan fingerprint density at radius 2 is 1.71 bits per heavy atom. The highest BCUT2D eigenvalue weighted by molar-refractivity contribution is 6.04. The summed E-state index contributed by atoms with van der Waals surface area (Å²) in [6, 6.07) is 15.4. The third-order valence-corrected chi connectivity index (χ3v) is 6.55. The van der Waals surface area contributed by atoms with Gasteiger partial charge in [-0.2, -0.15) is 0 Å². The van der Waals surface area contributed by atoms with E-state index in [1.165, 1.54) is 0 Å². The van der Waals surface area contributed by atoms with E-state index in [1.807, 2.05) is 48.5 Å². The molecule has 1 unspecified atom stereocenters. The molecule has 7 heteroatoms. The van der Waals surface area contributed by atoms with E-state index in [9.17, 15) is 9.59 Å². The first-order chi connectivity index (χ1) is 14.8. The lowest BCUT2D eigenvalue weighted by atomic mass is 9.69. The van der Waals surface area contributed by atoms with Crippen molar-refractivity contribution in [2.24, 2.45) is 5.41 Å². The third kappa shape index (κ3) is 3.02. The smallest absolute Gasteiger partial charge is 0.329 e. The fraction of sp³-hybridized carbons (Fsp3) is 0.417. The minimum Gasteiger partial charge on any atom is -0.497 e. The fourth-order valence-corrected chi connectivity index (χ4v) is 5.02. The van der Waals surface area contributed by atoms with Gasteiger partial charge in [0, 0.05) is 57.3 Å². The summed E-state index contributed by atoms with van der Waals surface area (Å²) in [6.45, 7) is 5.11. The number of carbonyl (C=O) groups excluding carboxylic acids is 2. The molecular weight excluding hydrogens is 396 g/mol. The third-order valence-electron chi connectivity index (χ3n) is 6.55. The van der Waals surface area contributed by atoms with Crippen LogP contribution in [0.1, 0.15) is 19.4 Å². The van der Waals surface area contributed by atoms with E-state index in [4.69, 9.17) is 14.2 Å². The molecule has 2 saturated heterocycles. The molecule has 2 fully saturated rings. The van der Waals surface area contributed by atoms with Crippen molar-refractivity contribution >= 4 is 23.3 Å². The Morgan fingerprint density at radius 3 is 2.39 bits per heavy atom. The molecule has 0 aliphatic carbocycles.